The van der Waals surface area contributed by atoms with Gasteiger partial charge in [0, 0.05) is 54.7 Å². The number of fused-ring (bicyclic) bond motifs is 2. The lowest BCUT2D eigenvalue weighted by atomic mass is 9.90. The van der Waals surface area contributed by atoms with Crippen LogP contribution in [0.2, 0.25) is 0 Å². The first-order chi connectivity index (χ1) is 17.1. The predicted octanol–water partition coefficient (Wildman–Crippen LogP) is 4.09. The number of hydrogen-bond donors (Lipinski definition) is 1. The molecule has 4 aromatic heterocycles. The molecule has 6 rings (SSSR count). The maximum absolute atomic E-state index is 5.51. The normalized spacial score (nSPS) is 21.8. The van der Waals surface area contributed by atoms with Crippen LogP contribution >= 0.6 is 0 Å². The summed E-state index contributed by atoms with van der Waals surface area (Å²) in [7, 11) is 0. The van der Waals surface area contributed by atoms with E-state index in [9.17, 15) is 0 Å². The molecule has 0 spiro atoms. The van der Waals surface area contributed by atoms with Crippen LogP contribution in [0.3, 0.4) is 0 Å². The van der Waals surface area contributed by atoms with Crippen LogP contribution < -0.4 is 5.32 Å². The van der Waals surface area contributed by atoms with Gasteiger partial charge in [0.15, 0.2) is 5.65 Å². The fourth-order valence-electron chi connectivity index (χ4n) is 5.81. The average molecular weight is 475 g/mol. The highest BCUT2D eigenvalue weighted by atomic mass is 16.5. The summed E-state index contributed by atoms with van der Waals surface area (Å²) in [6.45, 7) is 10.3. The minimum Gasteiger partial charge on any atom is -0.379 e. The molecule has 1 aliphatic carbocycles. The minimum absolute atomic E-state index is 0.323. The zero-order chi connectivity index (χ0) is 23.9. The molecule has 9 heteroatoms. The molecule has 35 heavy (non-hydrogen) atoms. The second kappa shape index (κ2) is 9.20. The van der Waals surface area contributed by atoms with Gasteiger partial charge in [0.1, 0.15) is 5.82 Å². The first-order valence-corrected chi connectivity index (χ1v) is 12.8. The largest absolute Gasteiger partial charge is 0.379 e. The van der Waals surface area contributed by atoms with Crippen molar-refractivity contribution in [2.45, 2.75) is 64.6 Å². The van der Waals surface area contributed by atoms with Crippen LogP contribution in [0.25, 0.3) is 27.8 Å². The van der Waals surface area contributed by atoms with Gasteiger partial charge in [-0.3, -0.25) is 4.90 Å². The van der Waals surface area contributed by atoms with Crippen molar-refractivity contribution in [2.24, 2.45) is 0 Å². The molecule has 1 aliphatic heterocycles. The zero-order valence-electron chi connectivity index (χ0n) is 20.8. The Hall–Kier alpha value is -3.04. The SMILES string of the molecule is Cc1nc2ncc(-c3ccn4nc(N[C@H]5CC[C@H](N6CCOCC6)CC5)ncc34)cc2n1C(C)C. The lowest BCUT2D eigenvalue weighted by Gasteiger charge is -2.38. The Morgan fingerprint density at radius 2 is 1.83 bits per heavy atom. The topological polar surface area (TPSA) is 85.4 Å². The quantitative estimate of drug-likeness (QED) is 0.466. The fraction of sp³-hybridized carbons (Fsp3) is 0.538. The molecule has 2 fully saturated rings. The van der Waals surface area contributed by atoms with Crippen LogP contribution in [0, 0.1) is 6.92 Å². The molecule has 1 N–H and O–H groups in total. The third kappa shape index (κ3) is 4.27. The molecule has 1 saturated carbocycles. The summed E-state index contributed by atoms with van der Waals surface area (Å²) in [5, 5.41) is 8.35. The highest BCUT2D eigenvalue weighted by Crippen LogP contribution is 2.30. The third-order valence-corrected chi connectivity index (χ3v) is 7.56. The lowest BCUT2D eigenvalue weighted by molar-refractivity contribution is 0.00790. The highest BCUT2D eigenvalue weighted by Gasteiger charge is 2.27. The smallest absolute Gasteiger partial charge is 0.241 e. The van der Waals surface area contributed by atoms with Gasteiger partial charge in [-0.2, -0.15) is 0 Å². The van der Waals surface area contributed by atoms with Gasteiger partial charge < -0.3 is 14.6 Å². The van der Waals surface area contributed by atoms with Crippen molar-refractivity contribution >= 4 is 22.6 Å². The second-order valence-electron chi connectivity index (χ2n) is 10.1. The summed E-state index contributed by atoms with van der Waals surface area (Å²) < 4.78 is 9.66. The molecule has 4 aromatic rings. The first kappa shape index (κ1) is 22.4. The number of morpholine rings is 1. The summed E-state index contributed by atoms with van der Waals surface area (Å²) in [5.74, 6) is 1.68. The van der Waals surface area contributed by atoms with Gasteiger partial charge in [0.25, 0.3) is 0 Å². The number of hydrogen-bond acceptors (Lipinski definition) is 7. The van der Waals surface area contributed by atoms with Crippen molar-refractivity contribution in [3.63, 3.8) is 0 Å². The second-order valence-corrected chi connectivity index (χ2v) is 10.1. The van der Waals surface area contributed by atoms with Gasteiger partial charge in [-0.05, 0) is 58.6 Å². The van der Waals surface area contributed by atoms with E-state index in [0.717, 1.165) is 72.8 Å². The number of nitrogens with one attached hydrogen (secondary N) is 1. The zero-order valence-corrected chi connectivity index (χ0v) is 20.8. The molecule has 9 nitrogen and oxygen atoms in total. The third-order valence-electron chi connectivity index (χ3n) is 7.56. The molecule has 0 unspecified atom stereocenters. The number of anilines is 1. The van der Waals surface area contributed by atoms with Gasteiger partial charge in [-0.15, -0.1) is 5.10 Å². The number of aryl methyl sites for hydroxylation is 1. The molecule has 1 saturated heterocycles. The Labute approximate surface area is 205 Å². The van der Waals surface area contributed by atoms with Crippen LogP contribution in [-0.2, 0) is 4.74 Å². The molecular weight excluding hydrogens is 440 g/mol. The molecule has 0 aromatic carbocycles. The summed E-state index contributed by atoms with van der Waals surface area (Å²) in [4.78, 5) is 16.5. The average Bonchev–Trinajstić information content (AvgIpc) is 3.44. The number of rotatable bonds is 5. The molecule has 5 heterocycles. The molecular formula is C26H34N8O. The molecule has 0 atom stereocenters. The molecule has 184 valence electrons. The van der Waals surface area contributed by atoms with E-state index in [1.165, 1.54) is 12.8 Å². The van der Waals surface area contributed by atoms with E-state index in [1.807, 2.05) is 30.0 Å². The summed E-state index contributed by atoms with van der Waals surface area (Å²) >= 11 is 0. The highest BCUT2D eigenvalue weighted by molar-refractivity contribution is 5.85. The van der Waals surface area contributed by atoms with Gasteiger partial charge in [-0.1, -0.05) is 0 Å². The number of imidazole rings is 1. The Morgan fingerprint density at radius 1 is 1.03 bits per heavy atom. The van der Waals surface area contributed by atoms with Gasteiger partial charge in [0.05, 0.1) is 30.4 Å². The van der Waals surface area contributed by atoms with E-state index in [4.69, 9.17) is 9.84 Å². The summed E-state index contributed by atoms with van der Waals surface area (Å²) in [6, 6.07) is 5.70. The first-order valence-electron chi connectivity index (χ1n) is 12.8. The maximum atomic E-state index is 5.51. The van der Waals surface area contributed by atoms with E-state index in [2.05, 4.69) is 55.7 Å². The van der Waals surface area contributed by atoms with Crippen molar-refractivity contribution < 1.29 is 4.74 Å². The summed E-state index contributed by atoms with van der Waals surface area (Å²) in [5.41, 5.74) is 4.94. The Bertz CT molecular complexity index is 1330. The van der Waals surface area contributed by atoms with E-state index in [-0.39, 0.29) is 0 Å². The number of ether oxygens (including phenoxy) is 1. The Kier molecular flexibility index (Phi) is 5.89. The van der Waals surface area contributed by atoms with E-state index in [0.29, 0.717) is 24.1 Å². The standard InChI is InChI=1S/C26H34N8O/c1-17(2)34-18(3)29-25-23(34)14-19(15-27-25)22-8-9-33-24(22)16-28-26(31-33)30-20-4-6-21(7-5-20)32-10-12-35-13-11-32/h8-9,14-17,20-21H,4-7,10-13H2,1-3H3,(H,30,31)/t20-,21-. The Balaban J connectivity index is 1.18. The van der Waals surface area contributed by atoms with Crippen molar-refractivity contribution in [1.82, 2.24) is 34.0 Å². The van der Waals surface area contributed by atoms with Crippen LogP contribution in [0.15, 0.2) is 30.7 Å². The van der Waals surface area contributed by atoms with Crippen LogP contribution in [0.5, 0.6) is 0 Å². The van der Waals surface area contributed by atoms with Gasteiger partial charge in [0.2, 0.25) is 5.95 Å². The number of pyridine rings is 1. The molecule has 0 radical (unpaired) electrons. The van der Waals surface area contributed by atoms with Gasteiger partial charge >= 0.3 is 0 Å². The van der Waals surface area contributed by atoms with E-state index >= 15 is 0 Å². The van der Waals surface area contributed by atoms with Crippen molar-refractivity contribution in [1.29, 1.82) is 0 Å². The van der Waals surface area contributed by atoms with E-state index < -0.39 is 0 Å². The van der Waals surface area contributed by atoms with Crippen molar-refractivity contribution in [2.75, 3.05) is 31.6 Å². The predicted molar refractivity (Wildman–Crippen MR) is 137 cm³/mol. The lowest BCUT2D eigenvalue weighted by Crippen LogP contribution is -2.46. The maximum Gasteiger partial charge on any atom is 0.241 e. The number of aromatic nitrogens is 6. The van der Waals surface area contributed by atoms with Crippen molar-refractivity contribution in [3.05, 3.63) is 36.5 Å². The number of nitrogens with zero attached hydrogens (tertiary/aromatic N) is 7. The van der Waals surface area contributed by atoms with Gasteiger partial charge in [-0.25, -0.2) is 19.5 Å². The monoisotopic (exact) mass is 474 g/mol. The molecule has 0 amide bonds. The minimum atomic E-state index is 0.323. The van der Waals surface area contributed by atoms with Crippen LogP contribution in [-0.4, -0.2) is 72.4 Å². The Morgan fingerprint density at radius 3 is 2.60 bits per heavy atom. The van der Waals surface area contributed by atoms with Crippen molar-refractivity contribution in [3.8, 4) is 11.1 Å². The fourth-order valence-corrected chi connectivity index (χ4v) is 5.81. The molecule has 0 bridgehead atoms. The van der Waals surface area contributed by atoms with Crippen LogP contribution in [0.1, 0.15) is 51.4 Å². The summed E-state index contributed by atoms with van der Waals surface area (Å²) in [6.07, 6.45) is 10.5. The molecule has 2 aliphatic rings. The van der Waals surface area contributed by atoms with E-state index in [1.54, 1.807) is 0 Å². The van der Waals surface area contributed by atoms with Crippen LogP contribution in [0.4, 0.5) is 5.95 Å².